The van der Waals surface area contributed by atoms with E-state index in [2.05, 4.69) is 18.7 Å². The Morgan fingerprint density at radius 2 is 2.09 bits per heavy atom. The third kappa shape index (κ3) is 1.00. The lowest BCUT2D eigenvalue weighted by molar-refractivity contribution is 0.197. The summed E-state index contributed by atoms with van der Waals surface area (Å²) in [5.74, 6) is 0. The van der Waals surface area contributed by atoms with Crippen LogP contribution < -0.4 is 5.73 Å². The summed E-state index contributed by atoms with van der Waals surface area (Å²) in [6.45, 7) is 4.56. The molecule has 0 spiro atoms. The molecule has 3 atom stereocenters. The van der Waals surface area contributed by atoms with Crippen molar-refractivity contribution in [2.75, 3.05) is 0 Å². The summed E-state index contributed by atoms with van der Waals surface area (Å²) in [5, 5.41) is 0. The summed E-state index contributed by atoms with van der Waals surface area (Å²) < 4.78 is 0. The van der Waals surface area contributed by atoms with Crippen LogP contribution in [0.3, 0.4) is 0 Å². The summed E-state index contributed by atoms with van der Waals surface area (Å²) in [5.41, 5.74) is 6.01. The van der Waals surface area contributed by atoms with Crippen LogP contribution in [0.2, 0.25) is 0 Å². The number of fused-ring (bicyclic) bond motifs is 2. The average molecular weight is 154 g/mol. The van der Waals surface area contributed by atoms with Crippen LogP contribution in [0, 0.1) is 0 Å². The zero-order chi connectivity index (χ0) is 8.01. The molecule has 64 valence electrons. The van der Waals surface area contributed by atoms with E-state index in [1.807, 2.05) is 0 Å². The van der Waals surface area contributed by atoms with Crippen molar-refractivity contribution in [3.05, 3.63) is 0 Å². The summed E-state index contributed by atoms with van der Waals surface area (Å²) in [4.78, 5) is 2.62. The van der Waals surface area contributed by atoms with E-state index in [0.29, 0.717) is 18.1 Å². The molecule has 2 aliphatic heterocycles. The highest BCUT2D eigenvalue weighted by Gasteiger charge is 2.45. The molecule has 2 heterocycles. The first kappa shape index (κ1) is 7.56. The Kier molecular flexibility index (Phi) is 1.69. The normalized spacial score (nSPS) is 44.2. The molecule has 2 heteroatoms. The Balaban J connectivity index is 2.13. The molecule has 0 aromatic heterocycles. The van der Waals surface area contributed by atoms with Gasteiger partial charge in [-0.1, -0.05) is 0 Å². The van der Waals surface area contributed by atoms with Gasteiger partial charge in [-0.3, -0.25) is 4.90 Å². The molecule has 0 aromatic rings. The van der Waals surface area contributed by atoms with E-state index in [0.717, 1.165) is 6.04 Å². The zero-order valence-corrected chi connectivity index (χ0v) is 7.46. The molecule has 2 fully saturated rings. The fourth-order valence-corrected chi connectivity index (χ4v) is 2.88. The van der Waals surface area contributed by atoms with Crippen molar-refractivity contribution in [2.24, 2.45) is 5.73 Å². The number of rotatable bonds is 1. The lowest BCUT2D eigenvalue weighted by atomic mass is 9.97. The highest BCUT2D eigenvalue weighted by atomic mass is 15.3. The van der Waals surface area contributed by atoms with E-state index in [4.69, 9.17) is 5.73 Å². The van der Waals surface area contributed by atoms with Gasteiger partial charge in [-0.2, -0.15) is 0 Å². The van der Waals surface area contributed by atoms with Crippen molar-refractivity contribution >= 4 is 0 Å². The van der Waals surface area contributed by atoms with Crippen molar-refractivity contribution < 1.29 is 0 Å². The predicted molar refractivity (Wildman–Crippen MR) is 46.4 cm³/mol. The summed E-state index contributed by atoms with van der Waals surface area (Å²) in [6, 6.07) is 2.69. The van der Waals surface area contributed by atoms with E-state index in [1.54, 1.807) is 0 Å². The van der Waals surface area contributed by atoms with Gasteiger partial charge in [0.05, 0.1) is 0 Å². The molecule has 0 aromatic carbocycles. The van der Waals surface area contributed by atoms with Crippen LogP contribution in [-0.2, 0) is 0 Å². The van der Waals surface area contributed by atoms with Crippen LogP contribution in [0.25, 0.3) is 0 Å². The SMILES string of the molecule is CC(C)N1C2CCC1C(N)C2. The maximum absolute atomic E-state index is 6.01. The van der Waals surface area contributed by atoms with Gasteiger partial charge in [-0.15, -0.1) is 0 Å². The summed E-state index contributed by atoms with van der Waals surface area (Å²) in [7, 11) is 0. The van der Waals surface area contributed by atoms with Gasteiger partial charge < -0.3 is 5.73 Å². The van der Waals surface area contributed by atoms with Gasteiger partial charge in [0.25, 0.3) is 0 Å². The van der Waals surface area contributed by atoms with Crippen molar-refractivity contribution in [2.45, 2.75) is 57.3 Å². The number of hydrogen-bond donors (Lipinski definition) is 1. The fraction of sp³-hybridized carbons (Fsp3) is 1.00. The third-order valence-electron chi connectivity index (χ3n) is 3.23. The summed E-state index contributed by atoms with van der Waals surface area (Å²) in [6.07, 6.45) is 3.96. The molecular weight excluding hydrogens is 136 g/mol. The van der Waals surface area contributed by atoms with Crippen LogP contribution in [0.1, 0.15) is 33.1 Å². The quantitative estimate of drug-likeness (QED) is 0.609. The molecule has 0 saturated carbocycles. The maximum Gasteiger partial charge on any atom is 0.0254 e. The number of hydrogen-bond acceptors (Lipinski definition) is 2. The molecule has 2 saturated heterocycles. The van der Waals surface area contributed by atoms with Gasteiger partial charge in [-0.05, 0) is 33.1 Å². The molecule has 2 nitrogen and oxygen atoms in total. The minimum atomic E-state index is 0.469. The first-order chi connectivity index (χ1) is 5.20. The molecule has 2 aliphatic rings. The van der Waals surface area contributed by atoms with Gasteiger partial charge in [0.15, 0.2) is 0 Å². The van der Waals surface area contributed by atoms with Crippen molar-refractivity contribution in [1.82, 2.24) is 4.90 Å². The van der Waals surface area contributed by atoms with E-state index in [9.17, 15) is 0 Å². The predicted octanol–water partition coefficient (Wildman–Crippen LogP) is 0.959. The van der Waals surface area contributed by atoms with Crippen LogP contribution in [0.15, 0.2) is 0 Å². The molecule has 11 heavy (non-hydrogen) atoms. The topological polar surface area (TPSA) is 29.3 Å². The standard InChI is InChI=1S/C9H18N2/c1-6(2)11-7-3-4-9(11)8(10)5-7/h6-9H,3-5,10H2,1-2H3. The minimum absolute atomic E-state index is 0.469. The van der Waals surface area contributed by atoms with Crippen LogP contribution >= 0.6 is 0 Å². The van der Waals surface area contributed by atoms with Gasteiger partial charge in [0, 0.05) is 24.2 Å². The van der Waals surface area contributed by atoms with Crippen molar-refractivity contribution in [3.8, 4) is 0 Å². The monoisotopic (exact) mass is 154 g/mol. The second-order valence-corrected chi connectivity index (χ2v) is 4.24. The molecule has 0 aliphatic carbocycles. The molecule has 0 amide bonds. The molecule has 3 unspecified atom stereocenters. The average Bonchev–Trinajstić information content (AvgIpc) is 2.41. The van der Waals surface area contributed by atoms with Gasteiger partial charge in [-0.25, -0.2) is 0 Å². The highest BCUT2D eigenvalue weighted by molar-refractivity contribution is 5.03. The molecule has 2 N–H and O–H groups in total. The lowest BCUT2D eigenvalue weighted by Gasteiger charge is -2.26. The van der Waals surface area contributed by atoms with E-state index < -0.39 is 0 Å². The van der Waals surface area contributed by atoms with Gasteiger partial charge >= 0.3 is 0 Å². The lowest BCUT2D eigenvalue weighted by Crippen LogP contribution is -2.40. The third-order valence-corrected chi connectivity index (χ3v) is 3.23. The second-order valence-electron chi connectivity index (χ2n) is 4.24. The second kappa shape index (κ2) is 2.46. The Labute approximate surface area is 68.7 Å². The zero-order valence-electron chi connectivity index (χ0n) is 7.46. The summed E-state index contributed by atoms with van der Waals surface area (Å²) >= 11 is 0. The molecule has 2 bridgehead atoms. The minimum Gasteiger partial charge on any atom is -0.326 e. The maximum atomic E-state index is 6.01. The largest absolute Gasteiger partial charge is 0.326 e. The number of nitrogens with two attached hydrogens (primary N) is 1. The first-order valence-corrected chi connectivity index (χ1v) is 4.73. The van der Waals surface area contributed by atoms with Crippen molar-refractivity contribution in [1.29, 1.82) is 0 Å². The Bertz CT molecular complexity index is 156. The molecular formula is C9H18N2. The van der Waals surface area contributed by atoms with E-state index in [1.165, 1.54) is 19.3 Å². The van der Waals surface area contributed by atoms with Gasteiger partial charge in [0.1, 0.15) is 0 Å². The Morgan fingerprint density at radius 3 is 2.36 bits per heavy atom. The number of nitrogens with zero attached hydrogens (tertiary/aromatic N) is 1. The van der Waals surface area contributed by atoms with Gasteiger partial charge in [0.2, 0.25) is 0 Å². The Hall–Kier alpha value is -0.0800. The molecule has 2 rings (SSSR count). The van der Waals surface area contributed by atoms with Crippen LogP contribution in [-0.4, -0.2) is 29.1 Å². The van der Waals surface area contributed by atoms with Crippen LogP contribution in [0.4, 0.5) is 0 Å². The Morgan fingerprint density at radius 1 is 1.36 bits per heavy atom. The fourth-order valence-electron chi connectivity index (χ4n) is 2.88. The smallest absolute Gasteiger partial charge is 0.0254 e. The first-order valence-electron chi connectivity index (χ1n) is 4.73. The highest BCUT2D eigenvalue weighted by Crippen LogP contribution is 2.37. The van der Waals surface area contributed by atoms with Crippen molar-refractivity contribution in [3.63, 3.8) is 0 Å². The van der Waals surface area contributed by atoms with E-state index in [-0.39, 0.29) is 0 Å². The van der Waals surface area contributed by atoms with Crippen LogP contribution in [0.5, 0.6) is 0 Å². The van der Waals surface area contributed by atoms with E-state index >= 15 is 0 Å². The molecule has 0 radical (unpaired) electrons.